The Morgan fingerprint density at radius 3 is 2.48 bits per heavy atom. The highest BCUT2D eigenvalue weighted by atomic mass is 35.5. The summed E-state index contributed by atoms with van der Waals surface area (Å²) in [5.41, 5.74) is 3.96. The van der Waals surface area contributed by atoms with E-state index in [2.05, 4.69) is 5.43 Å². The molecule has 110 valence electrons. The lowest BCUT2D eigenvalue weighted by molar-refractivity contribution is 0.303. The first kappa shape index (κ1) is 14.3. The van der Waals surface area contributed by atoms with E-state index in [4.69, 9.17) is 22.2 Å². The topological polar surface area (TPSA) is 47.3 Å². The lowest BCUT2D eigenvalue weighted by Crippen LogP contribution is -2.29. The predicted molar refractivity (Wildman–Crippen MR) is 80.7 cm³/mol. The second-order valence-electron chi connectivity index (χ2n) is 5.15. The Morgan fingerprint density at radius 2 is 1.90 bits per heavy atom. The lowest BCUT2D eigenvalue weighted by Gasteiger charge is -2.18. The summed E-state index contributed by atoms with van der Waals surface area (Å²) in [6.07, 6.45) is 2.59. The fraction of sp³-hybridized carbons (Fsp3) is 0.250. The monoisotopic (exact) mass is 306 g/mol. The molecule has 21 heavy (non-hydrogen) atoms. The molecule has 0 aromatic heterocycles. The first-order valence-electron chi connectivity index (χ1n) is 6.85. The summed E-state index contributed by atoms with van der Waals surface area (Å²) < 4.78 is 19.7. The first-order valence-corrected chi connectivity index (χ1v) is 7.23. The molecule has 0 heterocycles. The van der Waals surface area contributed by atoms with Crippen molar-refractivity contribution in [2.75, 3.05) is 0 Å². The van der Waals surface area contributed by atoms with Crippen molar-refractivity contribution >= 4 is 11.6 Å². The zero-order valence-corrected chi connectivity index (χ0v) is 12.1. The van der Waals surface area contributed by atoms with Gasteiger partial charge in [0.05, 0.1) is 12.1 Å². The van der Waals surface area contributed by atoms with E-state index in [0.717, 1.165) is 24.2 Å². The molecule has 0 radical (unpaired) electrons. The SMILES string of the molecule is NNC(c1ccc(OC2CC2)cc1)c1ccc(Cl)cc1F. The molecule has 1 aliphatic carbocycles. The van der Waals surface area contributed by atoms with Crippen molar-refractivity contribution in [2.24, 2.45) is 5.84 Å². The van der Waals surface area contributed by atoms with Crippen molar-refractivity contribution < 1.29 is 9.13 Å². The van der Waals surface area contributed by atoms with Gasteiger partial charge in [-0.25, -0.2) is 9.82 Å². The zero-order chi connectivity index (χ0) is 14.8. The predicted octanol–water partition coefficient (Wildman–Crippen LogP) is 3.57. The maximum absolute atomic E-state index is 14.0. The van der Waals surface area contributed by atoms with Crippen LogP contribution in [0.1, 0.15) is 30.0 Å². The van der Waals surface area contributed by atoms with Gasteiger partial charge in [0.2, 0.25) is 0 Å². The number of ether oxygens (including phenoxy) is 1. The zero-order valence-electron chi connectivity index (χ0n) is 11.4. The van der Waals surface area contributed by atoms with Gasteiger partial charge in [0.1, 0.15) is 11.6 Å². The molecule has 1 unspecified atom stereocenters. The lowest BCUT2D eigenvalue weighted by atomic mass is 9.99. The van der Waals surface area contributed by atoms with Crippen LogP contribution in [0.5, 0.6) is 5.75 Å². The van der Waals surface area contributed by atoms with Gasteiger partial charge in [-0.1, -0.05) is 29.8 Å². The van der Waals surface area contributed by atoms with Crippen LogP contribution in [0.25, 0.3) is 0 Å². The van der Waals surface area contributed by atoms with Crippen molar-refractivity contribution in [3.05, 3.63) is 64.4 Å². The normalized spacial score (nSPS) is 15.8. The molecular formula is C16H16ClFN2O. The van der Waals surface area contributed by atoms with E-state index in [1.165, 1.54) is 6.07 Å². The number of benzene rings is 2. The van der Waals surface area contributed by atoms with Gasteiger partial charge in [0.15, 0.2) is 0 Å². The highest BCUT2D eigenvalue weighted by Gasteiger charge is 2.23. The van der Waals surface area contributed by atoms with Crippen LogP contribution < -0.4 is 16.0 Å². The average Bonchev–Trinajstić information content (AvgIpc) is 3.27. The summed E-state index contributed by atoms with van der Waals surface area (Å²) in [6, 6.07) is 11.7. The van der Waals surface area contributed by atoms with E-state index in [-0.39, 0.29) is 5.82 Å². The minimum absolute atomic E-state index is 0.355. The van der Waals surface area contributed by atoms with Gasteiger partial charge < -0.3 is 4.74 Å². The molecule has 3 N–H and O–H groups in total. The Morgan fingerprint density at radius 1 is 1.19 bits per heavy atom. The summed E-state index contributed by atoms with van der Waals surface area (Å²) in [6.45, 7) is 0. The Bertz CT molecular complexity index is 629. The molecule has 2 aromatic rings. The second-order valence-corrected chi connectivity index (χ2v) is 5.59. The van der Waals surface area contributed by atoms with E-state index in [1.54, 1.807) is 12.1 Å². The minimum atomic E-state index is -0.433. The van der Waals surface area contributed by atoms with Crippen molar-refractivity contribution in [2.45, 2.75) is 25.0 Å². The Balaban J connectivity index is 1.84. The summed E-state index contributed by atoms with van der Waals surface area (Å²) in [4.78, 5) is 0. The van der Waals surface area contributed by atoms with Crippen molar-refractivity contribution in [1.82, 2.24) is 5.43 Å². The van der Waals surface area contributed by atoms with Crippen molar-refractivity contribution in [3.63, 3.8) is 0 Å². The molecule has 5 heteroatoms. The Hall–Kier alpha value is -1.62. The van der Waals surface area contributed by atoms with Crippen molar-refractivity contribution in [3.8, 4) is 5.75 Å². The van der Waals surface area contributed by atoms with E-state index in [9.17, 15) is 4.39 Å². The fourth-order valence-electron chi connectivity index (χ4n) is 2.22. The third kappa shape index (κ3) is 3.35. The third-order valence-corrected chi connectivity index (χ3v) is 3.72. The second kappa shape index (κ2) is 6.02. The summed E-state index contributed by atoms with van der Waals surface area (Å²) in [5.74, 6) is 6.03. The third-order valence-electron chi connectivity index (χ3n) is 3.48. The van der Waals surface area contributed by atoms with Crippen LogP contribution in [0.3, 0.4) is 0 Å². The van der Waals surface area contributed by atoms with Crippen LogP contribution >= 0.6 is 11.6 Å². The fourth-order valence-corrected chi connectivity index (χ4v) is 2.38. The largest absolute Gasteiger partial charge is 0.490 e. The van der Waals surface area contributed by atoms with E-state index in [1.807, 2.05) is 24.3 Å². The summed E-state index contributed by atoms with van der Waals surface area (Å²) >= 11 is 5.78. The smallest absolute Gasteiger partial charge is 0.129 e. The van der Waals surface area contributed by atoms with Crippen LogP contribution in [0, 0.1) is 5.82 Å². The molecule has 0 bridgehead atoms. The number of nitrogens with one attached hydrogen (secondary N) is 1. The standard InChI is InChI=1S/C16H16ClFN2O/c17-11-3-8-14(15(18)9-11)16(20-19)10-1-4-12(5-2-10)21-13-6-7-13/h1-5,8-9,13,16,20H,6-7,19H2. The quantitative estimate of drug-likeness (QED) is 0.656. The number of hydrazine groups is 1. The maximum atomic E-state index is 14.0. The van der Waals surface area contributed by atoms with Gasteiger partial charge >= 0.3 is 0 Å². The van der Waals surface area contributed by atoms with Crippen LogP contribution in [0.15, 0.2) is 42.5 Å². The van der Waals surface area contributed by atoms with E-state index >= 15 is 0 Å². The molecule has 1 aliphatic rings. The number of halogens is 2. The Labute approximate surface area is 127 Å². The van der Waals surface area contributed by atoms with Crippen LogP contribution in [-0.2, 0) is 0 Å². The molecule has 0 spiro atoms. The molecule has 1 fully saturated rings. The minimum Gasteiger partial charge on any atom is -0.490 e. The molecule has 1 saturated carbocycles. The van der Waals surface area contributed by atoms with Crippen LogP contribution in [0.2, 0.25) is 5.02 Å². The number of nitrogens with two attached hydrogens (primary N) is 1. The highest BCUT2D eigenvalue weighted by molar-refractivity contribution is 6.30. The maximum Gasteiger partial charge on any atom is 0.129 e. The molecule has 3 nitrogen and oxygen atoms in total. The van der Waals surface area contributed by atoms with Crippen LogP contribution in [0.4, 0.5) is 4.39 Å². The van der Waals surface area contributed by atoms with Crippen LogP contribution in [-0.4, -0.2) is 6.10 Å². The molecule has 1 atom stereocenters. The molecule has 2 aromatic carbocycles. The number of hydrogen-bond donors (Lipinski definition) is 2. The molecule has 0 saturated heterocycles. The van der Waals surface area contributed by atoms with Gasteiger partial charge in [-0.3, -0.25) is 5.84 Å². The number of rotatable bonds is 5. The van der Waals surface area contributed by atoms with E-state index in [0.29, 0.717) is 16.7 Å². The van der Waals surface area contributed by atoms with Gasteiger partial charge in [-0.15, -0.1) is 0 Å². The molecule has 3 rings (SSSR count). The molecule has 0 amide bonds. The summed E-state index contributed by atoms with van der Waals surface area (Å²) in [7, 11) is 0. The summed E-state index contributed by atoms with van der Waals surface area (Å²) in [5, 5.41) is 0.361. The van der Waals surface area contributed by atoms with Gasteiger partial charge in [0.25, 0.3) is 0 Å². The van der Waals surface area contributed by atoms with E-state index < -0.39 is 6.04 Å². The first-order chi connectivity index (χ1) is 10.2. The van der Waals surface area contributed by atoms with Gasteiger partial charge in [-0.05, 0) is 42.7 Å². The van der Waals surface area contributed by atoms with Crippen molar-refractivity contribution in [1.29, 1.82) is 0 Å². The van der Waals surface area contributed by atoms with Gasteiger partial charge in [0, 0.05) is 10.6 Å². The number of hydrogen-bond acceptors (Lipinski definition) is 3. The molecule has 0 aliphatic heterocycles. The molecular weight excluding hydrogens is 291 g/mol. The average molecular weight is 307 g/mol. The highest BCUT2D eigenvalue weighted by Crippen LogP contribution is 2.30. The van der Waals surface area contributed by atoms with Gasteiger partial charge in [-0.2, -0.15) is 0 Å². The Kier molecular flexibility index (Phi) is 4.10.